The third-order valence-corrected chi connectivity index (χ3v) is 4.62. The number of nitrogens with zero attached hydrogens (tertiary/aromatic N) is 2. The summed E-state index contributed by atoms with van der Waals surface area (Å²) in [6, 6.07) is 6.19. The number of piperidine rings is 1. The second kappa shape index (κ2) is 5.45. The molecule has 3 rings (SSSR count). The molecule has 1 N–H and O–H groups in total. The van der Waals surface area contributed by atoms with E-state index in [9.17, 15) is 9.18 Å². The molecule has 0 unspecified atom stereocenters. The lowest BCUT2D eigenvalue weighted by atomic mass is 9.78. The van der Waals surface area contributed by atoms with Crippen LogP contribution in [0.4, 0.5) is 4.39 Å². The first-order chi connectivity index (χ1) is 10.1. The van der Waals surface area contributed by atoms with Gasteiger partial charge in [-0.25, -0.2) is 4.39 Å². The minimum absolute atomic E-state index is 0.0719. The molecule has 0 radical (unpaired) electrons. The number of hydrogen-bond donors (Lipinski definition) is 1. The Balaban J connectivity index is 1.78. The third-order valence-electron chi connectivity index (χ3n) is 4.62. The van der Waals surface area contributed by atoms with Gasteiger partial charge in [-0.2, -0.15) is 5.26 Å². The predicted octanol–water partition coefficient (Wildman–Crippen LogP) is 1.80. The van der Waals surface area contributed by atoms with Gasteiger partial charge in [-0.1, -0.05) is 0 Å². The Hall–Kier alpha value is -1.93. The van der Waals surface area contributed by atoms with Crippen LogP contribution in [0.25, 0.3) is 0 Å². The maximum atomic E-state index is 13.4. The number of halogens is 1. The molecule has 21 heavy (non-hydrogen) atoms. The van der Waals surface area contributed by atoms with E-state index in [-0.39, 0.29) is 17.1 Å². The molecule has 0 aromatic heterocycles. The molecule has 1 amide bonds. The number of nitrogens with one attached hydrogen (secondary N) is 1. The maximum absolute atomic E-state index is 13.4. The van der Waals surface area contributed by atoms with E-state index in [0.717, 1.165) is 32.5 Å². The zero-order valence-corrected chi connectivity index (χ0v) is 11.9. The normalized spacial score (nSPS) is 20.8. The molecule has 1 aromatic carbocycles. The molecule has 4 nitrogen and oxygen atoms in total. The van der Waals surface area contributed by atoms with Crippen molar-refractivity contribution in [3.05, 3.63) is 35.1 Å². The first kappa shape index (κ1) is 14.0. The standard InChI is InChI=1S/C16H18FN3O/c17-14-2-1-12(9-18)13(7-14)10-20-11-16(8-15(20)21)3-5-19-6-4-16/h1-2,7,19H,3-6,8,10-11H2. The molecule has 1 spiro atoms. The van der Waals surface area contributed by atoms with Crippen molar-refractivity contribution in [2.24, 2.45) is 5.41 Å². The SMILES string of the molecule is N#Cc1ccc(F)cc1CN1CC2(CCNCC2)CC1=O. The Morgan fingerprint density at radius 1 is 1.38 bits per heavy atom. The Labute approximate surface area is 123 Å². The number of amides is 1. The fraction of sp³-hybridized carbons (Fsp3) is 0.500. The van der Waals surface area contributed by atoms with E-state index in [2.05, 4.69) is 11.4 Å². The highest BCUT2D eigenvalue weighted by molar-refractivity contribution is 5.79. The third kappa shape index (κ3) is 2.77. The van der Waals surface area contributed by atoms with Crippen LogP contribution in [0, 0.1) is 22.6 Å². The van der Waals surface area contributed by atoms with Gasteiger partial charge < -0.3 is 10.2 Å². The summed E-state index contributed by atoms with van der Waals surface area (Å²) < 4.78 is 13.4. The van der Waals surface area contributed by atoms with Crippen LogP contribution in [0.15, 0.2) is 18.2 Å². The highest BCUT2D eigenvalue weighted by Crippen LogP contribution is 2.39. The average molecular weight is 287 g/mol. The number of carbonyl (C=O) groups is 1. The predicted molar refractivity (Wildman–Crippen MR) is 75.7 cm³/mol. The first-order valence-corrected chi connectivity index (χ1v) is 7.29. The van der Waals surface area contributed by atoms with Gasteiger partial charge in [-0.3, -0.25) is 4.79 Å². The summed E-state index contributed by atoms with van der Waals surface area (Å²) >= 11 is 0. The van der Waals surface area contributed by atoms with Gasteiger partial charge in [0.15, 0.2) is 0 Å². The first-order valence-electron chi connectivity index (χ1n) is 7.29. The molecule has 1 aromatic rings. The van der Waals surface area contributed by atoms with E-state index < -0.39 is 0 Å². The topological polar surface area (TPSA) is 56.1 Å². The number of benzene rings is 1. The Morgan fingerprint density at radius 2 is 2.14 bits per heavy atom. The maximum Gasteiger partial charge on any atom is 0.223 e. The zero-order valence-electron chi connectivity index (χ0n) is 11.9. The summed E-state index contributed by atoms with van der Waals surface area (Å²) in [7, 11) is 0. The molecule has 0 bridgehead atoms. The summed E-state index contributed by atoms with van der Waals surface area (Å²) in [5, 5.41) is 12.4. The molecule has 110 valence electrons. The van der Waals surface area contributed by atoms with Crippen molar-refractivity contribution in [2.75, 3.05) is 19.6 Å². The Kier molecular flexibility index (Phi) is 3.64. The summed E-state index contributed by atoms with van der Waals surface area (Å²) in [5.74, 6) is -0.253. The summed E-state index contributed by atoms with van der Waals surface area (Å²) in [4.78, 5) is 14.0. The van der Waals surface area contributed by atoms with Crippen LogP contribution in [-0.4, -0.2) is 30.4 Å². The number of carbonyl (C=O) groups excluding carboxylic acids is 1. The van der Waals surface area contributed by atoms with E-state index in [1.54, 1.807) is 4.90 Å². The van der Waals surface area contributed by atoms with Crippen molar-refractivity contribution >= 4 is 5.91 Å². The van der Waals surface area contributed by atoms with Crippen LogP contribution in [0.2, 0.25) is 0 Å². The van der Waals surface area contributed by atoms with Gasteiger partial charge in [0.2, 0.25) is 5.91 Å². The van der Waals surface area contributed by atoms with Gasteiger partial charge in [0.05, 0.1) is 11.6 Å². The quantitative estimate of drug-likeness (QED) is 0.902. The molecule has 2 aliphatic heterocycles. The van der Waals surface area contributed by atoms with Gasteiger partial charge >= 0.3 is 0 Å². The van der Waals surface area contributed by atoms with Crippen LogP contribution < -0.4 is 5.32 Å². The smallest absolute Gasteiger partial charge is 0.223 e. The van der Waals surface area contributed by atoms with Crippen molar-refractivity contribution in [3.63, 3.8) is 0 Å². The Morgan fingerprint density at radius 3 is 2.86 bits per heavy atom. The van der Waals surface area contributed by atoms with Crippen LogP contribution in [0.5, 0.6) is 0 Å². The highest BCUT2D eigenvalue weighted by atomic mass is 19.1. The molecule has 2 heterocycles. The van der Waals surface area contributed by atoms with Gasteiger partial charge in [0, 0.05) is 19.5 Å². The lowest BCUT2D eigenvalue weighted by Crippen LogP contribution is -2.38. The number of nitriles is 1. The van der Waals surface area contributed by atoms with Crippen LogP contribution in [0.3, 0.4) is 0 Å². The second-order valence-corrected chi connectivity index (χ2v) is 6.09. The molecular formula is C16H18FN3O. The summed E-state index contributed by atoms with van der Waals surface area (Å²) in [6.45, 7) is 2.94. The van der Waals surface area contributed by atoms with Crippen molar-refractivity contribution in [1.29, 1.82) is 5.26 Å². The van der Waals surface area contributed by atoms with Crippen molar-refractivity contribution in [3.8, 4) is 6.07 Å². The number of likely N-dealkylation sites (tertiary alicyclic amines) is 1. The van der Waals surface area contributed by atoms with Crippen LogP contribution in [0.1, 0.15) is 30.4 Å². The molecular weight excluding hydrogens is 269 g/mol. The van der Waals surface area contributed by atoms with E-state index >= 15 is 0 Å². The molecule has 0 aliphatic carbocycles. The number of hydrogen-bond acceptors (Lipinski definition) is 3. The summed E-state index contributed by atoms with van der Waals surface area (Å²) in [5.41, 5.74) is 1.11. The fourth-order valence-electron chi connectivity index (χ4n) is 3.43. The van der Waals surface area contributed by atoms with Crippen molar-refractivity contribution in [1.82, 2.24) is 10.2 Å². The van der Waals surface area contributed by atoms with Gasteiger partial charge in [0.25, 0.3) is 0 Å². The largest absolute Gasteiger partial charge is 0.338 e. The molecule has 2 saturated heterocycles. The minimum atomic E-state index is -0.368. The average Bonchev–Trinajstić information content (AvgIpc) is 2.75. The van der Waals surface area contributed by atoms with E-state index in [1.165, 1.54) is 18.2 Å². The number of rotatable bonds is 2. The van der Waals surface area contributed by atoms with Crippen LogP contribution >= 0.6 is 0 Å². The van der Waals surface area contributed by atoms with Crippen molar-refractivity contribution < 1.29 is 9.18 Å². The molecule has 2 fully saturated rings. The molecule has 2 aliphatic rings. The van der Waals surface area contributed by atoms with Gasteiger partial charge in [-0.15, -0.1) is 0 Å². The zero-order chi connectivity index (χ0) is 14.9. The van der Waals surface area contributed by atoms with E-state index in [1.807, 2.05) is 0 Å². The second-order valence-electron chi connectivity index (χ2n) is 6.09. The minimum Gasteiger partial charge on any atom is -0.338 e. The Bertz CT molecular complexity index is 602. The molecule has 0 saturated carbocycles. The monoisotopic (exact) mass is 287 g/mol. The van der Waals surface area contributed by atoms with Gasteiger partial charge in [0.1, 0.15) is 5.82 Å². The van der Waals surface area contributed by atoms with Crippen LogP contribution in [-0.2, 0) is 11.3 Å². The lowest BCUT2D eigenvalue weighted by molar-refractivity contribution is -0.128. The van der Waals surface area contributed by atoms with Gasteiger partial charge in [-0.05, 0) is 55.1 Å². The fourth-order valence-corrected chi connectivity index (χ4v) is 3.43. The highest BCUT2D eigenvalue weighted by Gasteiger charge is 2.43. The summed E-state index contributed by atoms with van der Waals surface area (Å²) in [6.07, 6.45) is 2.58. The van der Waals surface area contributed by atoms with Crippen molar-refractivity contribution in [2.45, 2.75) is 25.8 Å². The molecule has 5 heteroatoms. The lowest BCUT2D eigenvalue weighted by Gasteiger charge is -2.33. The van der Waals surface area contributed by atoms with E-state index in [4.69, 9.17) is 5.26 Å². The van der Waals surface area contributed by atoms with E-state index in [0.29, 0.717) is 24.1 Å². The molecule has 0 atom stereocenters.